The molecule has 0 atom stereocenters. The van der Waals surface area contributed by atoms with Gasteiger partial charge < -0.3 is 5.11 Å². The Kier molecular flexibility index (Phi) is 4.95. The SMILES string of the molecule is Cc1c(Br)c(CBr)c(O)c(CBr)c1Br. The fraction of sp³-hybridized carbons (Fsp3) is 0.333. The third-order valence-corrected chi connectivity index (χ3v) is 5.30. The normalized spacial score (nSPS) is 10.6. The highest BCUT2D eigenvalue weighted by atomic mass is 79.9. The predicted molar refractivity (Wildman–Crippen MR) is 73.5 cm³/mol. The molecule has 0 spiro atoms. The number of benzene rings is 1. The molecular weight excluding hydrogens is 444 g/mol. The lowest BCUT2D eigenvalue weighted by Gasteiger charge is -2.14. The van der Waals surface area contributed by atoms with E-state index in [2.05, 4.69) is 63.7 Å². The van der Waals surface area contributed by atoms with E-state index in [9.17, 15) is 5.11 Å². The lowest BCUT2D eigenvalue weighted by Crippen LogP contribution is -1.94. The molecule has 1 aromatic carbocycles. The Labute approximate surface area is 117 Å². The van der Waals surface area contributed by atoms with Crippen LogP contribution in [0.2, 0.25) is 0 Å². The second-order valence-electron chi connectivity index (χ2n) is 2.83. The molecule has 0 saturated carbocycles. The number of halogens is 4. The predicted octanol–water partition coefficient (Wildman–Crippen LogP) is 5.02. The van der Waals surface area contributed by atoms with Crippen molar-refractivity contribution in [2.45, 2.75) is 17.6 Å². The Morgan fingerprint density at radius 1 is 1.00 bits per heavy atom. The van der Waals surface area contributed by atoms with Gasteiger partial charge in [-0.1, -0.05) is 63.7 Å². The van der Waals surface area contributed by atoms with Crippen molar-refractivity contribution < 1.29 is 5.11 Å². The summed E-state index contributed by atoms with van der Waals surface area (Å²) in [6, 6.07) is 0. The molecule has 0 fully saturated rings. The van der Waals surface area contributed by atoms with E-state index in [1.54, 1.807) is 0 Å². The van der Waals surface area contributed by atoms with Crippen LogP contribution >= 0.6 is 63.7 Å². The molecule has 0 aromatic heterocycles. The lowest BCUT2D eigenvalue weighted by molar-refractivity contribution is 0.465. The summed E-state index contributed by atoms with van der Waals surface area (Å²) in [6.07, 6.45) is 0. The monoisotopic (exact) mass is 448 g/mol. The Bertz CT molecular complexity index is 331. The average Bonchev–Trinajstić information content (AvgIpc) is 2.16. The molecule has 1 rings (SSSR count). The molecule has 0 bridgehead atoms. The average molecular weight is 452 g/mol. The first-order valence-corrected chi connectivity index (χ1v) is 7.67. The number of phenolic OH excluding ortho intramolecular Hbond substituents is 1. The van der Waals surface area contributed by atoms with Gasteiger partial charge in [-0.2, -0.15) is 0 Å². The van der Waals surface area contributed by atoms with Gasteiger partial charge in [-0.05, 0) is 12.5 Å². The van der Waals surface area contributed by atoms with Crippen molar-refractivity contribution in [2.75, 3.05) is 0 Å². The number of phenols is 1. The number of aromatic hydroxyl groups is 1. The van der Waals surface area contributed by atoms with Crippen molar-refractivity contribution in [1.29, 1.82) is 0 Å². The number of rotatable bonds is 2. The third kappa shape index (κ3) is 2.20. The third-order valence-electron chi connectivity index (χ3n) is 2.03. The van der Waals surface area contributed by atoms with Gasteiger partial charge in [-0.15, -0.1) is 0 Å². The second-order valence-corrected chi connectivity index (χ2v) is 5.53. The molecular formula is C9H8Br4O. The molecule has 14 heavy (non-hydrogen) atoms. The van der Waals surface area contributed by atoms with Crippen LogP contribution in [0.4, 0.5) is 0 Å². The van der Waals surface area contributed by atoms with Crippen LogP contribution in [0, 0.1) is 6.92 Å². The summed E-state index contributed by atoms with van der Waals surface area (Å²) in [5.41, 5.74) is 2.88. The van der Waals surface area contributed by atoms with E-state index in [-0.39, 0.29) is 0 Å². The largest absolute Gasteiger partial charge is 0.507 e. The topological polar surface area (TPSA) is 20.2 Å². The van der Waals surface area contributed by atoms with Crippen molar-refractivity contribution in [2.24, 2.45) is 0 Å². The molecule has 0 saturated heterocycles. The van der Waals surface area contributed by atoms with Crippen molar-refractivity contribution in [1.82, 2.24) is 0 Å². The zero-order chi connectivity index (χ0) is 10.9. The van der Waals surface area contributed by atoms with E-state index in [4.69, 9.17) is 0 Å². The molecule has 0 radical (unpaired) electrons. The summed E-state index contributed by atoms with van der Waals surface area (Å²) in [5.74, 6) is 0.336. The first-order valence-electron chi connectivity index (χ1n) is 3.84. The minimum absolute atomic E-state index is 0.336. The van der Waals surface area contributed by atoms with Crippen LogP contribution in [0.3, 0.4) is 0 Å². The van der Waals surface area contributed by atoms with E-state index in [0.29, 0.717) is 16.4 Å². The molecule has 5 heteroatoms. The van der Waals surface area contributed by atoms with E-state index in [0.717, 1.165) is 25.6 Å². The molecule has 0 aliphatic carbocycles. The number of hydrogen-bond donors (Lipinski definition) is 1. The molecule has 1 N–H and O–H groups in total. The maximum Gasteiger partial charge on any atom is 0.125 e. The quantitative estimate of drug-likeness (QED) is 0.626. The molecule has 0 aliphatic heterocycles. The van der Waals surface area contributed by atoms with Crippen LogP contribution in [0.1, 0.15) is 16.7 Å². The number of alkyl halides is 2. The molecule has 0 amide bonds. The molecule has 1 aromatic rings. The standard InChI is InChI=1S/C9H8Br4O/c1-4-7(12)5(2-10)9(14)6(3-11)8(4)13/h14H,2-3H2,1H3. The molecule has 78 valence electrons. The van der Waals surface area contributed by atoms with Gasteiger partial charge in [0.05, 0.1) is 0 Å². The number of hydrogen-bond acceptors (Lipinski definition) is 1. The summed E-state index contributed by atoms with van der Waals surface area (Å²) < 4.78 is 1.90. The maximum absolute atomic E-state index is 9.95. The highest BCUT2D eigenvalue weighted by Gasteiger charge is 2.17. The minimum Gasteiger partial charge on any atom is -0.507 e. The van der Waals surface area contributed by atoms with Crippen molar-refractivity contribution in [3.63, 3.8) is 0 Å². The van der Waals surface area contributed by atoms with Gasteiger partial charge in [-0.3, -0.25) is 0 Å². The molecule has 0 unspecified atom stereocenters. The van der Waals surface area contributed by atoms with Gasteiger partial charge in [0.2, 0.25) is 0 Å². The zero-order valence-electron chi connectivity index (χ0n) is 7.37. The first kappa shape index (κ1) is 13.0. The van der Waals surface area contributed by atoms with Crippen LogP contribution in [0.15, 0.2) is 8.95 Å². The van der Waals surface area contributed by atoms with Crippen LogP contribution in [0.25, 0.3) is 0 Å². The fourth-order valence-electron chi connectivity index (χ4n) is 1.18. The van der Waals surface area contributed by atoms with Crippen LogP contribution in [-0.4, -0.2) is 5.11 Å². The highest BCUT2D eigenvalue weighted by molar-refractivity contribution is 9.11. The van der Waals surface area contributed by atoms with E-state index < -0.39 is 0 Å². The summed E-state index contributed by atoms with van der Waals surface area (Å²) in [6.45, 7) is 2.01. The van der Waals surface area contributed by atoms with Crippen molar-refractivity contribution >= 4 is 63.7 Å². The Hall–Kier alpha value is 0.940. The highest BCUT2D eigenvalue weighted by Crippen LogP contribution is 2.41. The molecule has 0 aliphatic rings. The van der Waals surface area contributed by atoms with Gasteiger partial charge in [0.1, 0.15) is 5.75 Å². The summed E-state index contributed by atoms with van der Waals surface area (Å²) in [7, 11) is 0. The summed E-state index contributed by atoms with van der Waals surface area (Å²) in [4.78, 5) is 0. The zero-order valence-corrected chi connectivity index (χ0v) is 13.7. The van der Waals surface area contributed by atoms with E-state index in [1.807, 2.05) is 6.92 Å². The Balaban J connectivity index is 3.56. The fourth-order valence-corrected chi connectivity index (χ4v) is 4.35. The smallest absolute Gasteiger partial charge is 0.125 e. The van der Waals surface area contributed by atoms with Gasteiger partial charge in [0, 0.05) is 30.7 Å². The van der Waals surface area contributed by atoms with E-state index >= 15 is 0 Å². The van der Waals surface area contributed by atoms with Crippen LogP contribution in [0.5, 0.6) is 5.75 Å². The van der Waals surface area contributed by atoms with Crippen molar-refractivity contribution in [3.05, 3.63) is 25.6 Å². The maximum atomic E-state index is 9.95. The van der Waals surface area contributed by atoms with Gasteiger partial charge in [-0.25, -0.2) is 0 Å². The molecule has 1 nitrogen and oxygen atoms in total. The van der Waals surface area contributed by atoms with Gasteiger partial charge >= 0.3 is 0 Å². The van der Waals surface area contributed by atoms with Gasteiger partial charge in [0.15, 0.2) is 0 Å². The molecule has 0 heterocycles. The first-order chi connectivity index (χ1) is 6.54. The Morgan fingerprint density at radius 3 is 1.64 bits per heavy atom. The van der Waals surface area contributed by atoms with Gasteiger partial charge in [0.25, 0.3) is 0 Å². The minimum atomic E-state index is 0.336. The van der Waals surface area contributed by atoms with Crippen molar-refractivity contribution in [3.8, 4) is 5.75 Å². The summed E-state index contributed by atoms with van der Waals surface area (Å²) in [5, 5.41) is 11.2. The van der Waals surface area contributed by atoms with Crippen LogP contribution in [-0.2, 0) is 10.7 Å². The Morgan fingerprint density at radius 2 is 1.36 bits per heavy atom. The summed E-state index contributed by atoms with van der Waals surface area (Å²) >= 11 is 13.7. The van der Waals surface area contributed by atoms with Crippen LogP contribution < -0.4 is 0 Å². The second kappa shape index (κ2) is 5.32. The lowest BCUT2D eigenvalue weighted by atomic mass is 10.1. The van der Waals surface area contributed by atoms with E-state index in [1.165, 1.54) is 0 Å².